The fourth-order valence-electron chi connectivity index (χ4n) is 4.54. The number of aryl methyl sites for hydroxylation is 1. The number of methoxy groups -OCH3 is 1. The van der Waals surface area contributed by atoms with E-state index in [1.807, 2.05) is 60.4 Å². The average molecular weight is 474 g/mol. The molecule has 0 spiro atoms. The molecule has 3 heterocycles. The lowest BCUT2D eigenvalue weighted by Crippen LogP contribution is -2.45. The number of nitrogens with zero attached hydrogens (tertiary/aromatic N) is 5. The van der Waals surface area contributed by atoms with E-state index < -0.39 is 0 Å². The van der Waals surface area contributed by atoms with Crippen LogP contribution in [0.15, 0.2) is 48.5 Å². The zero-order valence-corrected chi connectivity index (χ0v) is 20.5. The first-order valence-corrected chi connectivity index (χ1v) is 12.0. The molecular formula is C27H31N5O3. The molecule has 8 heteroatoms. The molecule has 8 nitrogen and oxygen atoms in total. The van der Waals surface area contributed by atoms with Gasteiger partial charge in [-0.15, -0.1) is 0 Å². The van der Waals surface area contributed by atoms with E-state index in [1.54, 1.807) is 7.11 Å². The summed E-state index contributed by atoms with van der Waals surface area (Å²) in [6.07, 6.45) is 0.651. The summed E-state index contributed by atoms with van der Waals surface area (Å²) in [5.74, 6) is 2.38. The summed E-state index contributed by atoms with van der Waals surface area (Å²) in [5.41, 5.74) is 3.54. The van der Waals surface area contributed by atoms with Crippen molar-refractivity contribution in [3.8, 4) is 17.4 Å². The second-order valence-corrected chi connectivity index (χ2v) is 9.14. The number of aromatic nitrogens is 2. The smallest absolute Gasteiger partial charge is 0.254 e. The number of benzene rings is 2. The number of anilines is 1. The normalized spacial score (nSPS) is 16.1. The van der Waals surface area contributed by atoms with Crippen molar-refractivity contribution in [2.24, 2.45) is 0 Å². The standard InChI is InChI=1S/C27H31N5O3/c1-19-7-6-8-20(17-19)26(33)32-12-11-22-21(18-32)25(35-24-10-5-4-9-23(24)34-3)29-27(28-22)31-15-13-30(2)14-16-31/h4-10,17H,11-16,18H2,1-3H3. The second-order valence-electron chi connectivity index (χ2n) is 9.14. The largest absolute Gasteiger partial charge is 0.493 e. The number of hydrogen-bond acceptors (Lipinski definition) is 7. The maximum Gasteiger partial charge on any atom is 0.254 e. The van der Waals surface area contributed by atoms with E-state index >= 15 is 0 Å². The number of para-hydroxylation sites is 2. The van der Waals surface area contributed by atoms with Gasteiger partial charge in [0.2, 0.25) is 11.8 Å². The van der Waals surface area contributed by atoms with Crippen LogP contribution in [0.3, 0.4) is 0 Å². The van der Waals surface area contributed by atoms with Crippen molar-refractivity contribution in [3.05, 3.63) is 70.9 Å². The molecule has 182 valence electrons. The van der Waals surface area contributed by atoms with Crippen LogP contribution in [0.5, 0.6) is 17.4 Å². The van der Waals surface area contributed by atoms with Crippen LogP contribution < -0.4 is 14.4 Å². The molecule has 0 radical (unpaired) electrons. The summed E-state index contributed by atoms with van der Waals surface area (Å²) in [5, 5.41) is 0. The molecule has 0 bridgehead atoms. The van der Waals surface area contributed by atoms with E-state index in [0.717, 1.165) is 43.0 Å². The molecule has 1 amide bonds. The fourth-order valence-corrected chi connectivity index (χ4v) is 4.54. The fraction of sp³-hybridized carbons (Fsp3) is 0.370. The number of likely N-dealkylation sites (N-methyl/N-ethyl adjacent to an activating group) is 1. The van der Waals surface area contributed by atoms with Crippen LogP contribution in [0.2, 0.25) is 0 Å². The Bertz CT molecular complexity index is 1220. The van der Waals surface area contributed by atoms with Gasteiger partial charge in [0.05, 0.1) is 24.9 Å². The topological polar surface area (TPSA) is 71.0 Å². The van der Waals surface area contributed by atoms with E-state index in [4.69, 9.17) is 19.4 Å². The summed E-state index contributed by atoms with van der Waals surface area (Å²) in [4.78, 5) is 29.5. The Labute approximate surface area is 206 Å². The van der Waals surface area contributed by atoms with Gasteiger partial charge in [-0.05, 0) is 38.2 Å². The predicted octanol–water partition coefficient (Wildman–Crippen LogP) is 3.54. The van der Waals surface area contributed by atoms with Gasteiger partial charge in [-0.1, -0.05) is 29.8 Å². The minimum Gasteiger partial charge on any atom is -0.493 e. The van der Waals surface area contributed by atoms with Crippen molar-refractivity contribution in [1.29, 1.82) is 0 Å². The van der Waals surface area contributed by atoms with E-state index in [1.165, 1.54) is 0 Å². The number of carbonyl (C=O) groups is 1. The molecule has 2 aliphatic heterocycles. The molecule has 0 atom stereocenters. The number of ether oxygens (including phenoxy) is 2. The first-order chi connectivity index (χ1) is 17.0. The van der Waals surface area contributed by atoms with Crippen LogP contribution >= 0.6 is 0 Å². The van der Waals surface area contributed by atoms with Gasteiger partial charge in [0.15, 0.2) is 11.5 Å². The minimum absolute atomic E-state index is 0.00531. The maximum atomic E-state index is 13.3. The van der Waals surface area contributed by atoms with E-state index in [2.05, 4.69) is 16.8 Å². The van der Waals surface area contributed by atoms with Crippen LogP contribution in [0.1, 0.15) is 27.2 Å². The molecule has 1 saturated heterocycles. The number of fused-ring (bicyclic) bond motifs is 1. The molecule has 0 saturated carbocycles. The molecule has 0 aliphatic carbocycles. The van der Waals surface area contributed by atoms with Crippen molar-refractivity contribution in [2.75, 3.05) is 51.8 Å². The third kappa shape index (κ3) is 4.93. The Kier molecular flexibility index (Phi) is 6.55. The second kappa shape index (κ2) is 9.92. The first kappa shape index (κ1) is 23.1. The Morgan fingerprint density at radius 2 is 1.71 bits per heavy atom. The molecule has 2 aliphatic rings. The molecule has 1 aromatic heterocycles. The van der Waals surface area contributed by atoms with Gasteiger partial charge < -0.3 is 24.2 Å². The lowest BCUT2D eigenvalue weighted by atomic mass is 10.0. The molecular weight excluding hydrogens is 442 g/mol. The van der Waals surface area contributed by atoms with E-state index in [0.29, 0.717) is 48.4 Å². The lowest BCUT2D eigenvalue weighted by molar-refractivity contribution is 0.0731. The number of carbonyl (C=O) groups excluding carboxylic acids is 1. The number of amides is 1. The van der Waals surface area contributed by atoms with Gasteiger partial charge in [0, 0.05) is 44.7 Å². The molecule has 3 aromatic rings. The van der Waals surface area contributed by atoms with E-state index in [-0.39, 0.29) is 5.91 Å². The molecule has 5 rings (SSSR count). The summed E-state index contributed by atoms with van der Waals surface area (Å²) < 4.78 is 11.9. The van der Waals surface area contributed by atoms with E-state index in [9.17, 15) is 4.79 Å². The Balaban J connectivity index is 1.50. The summed E-state index contributed by atoms with van der Waals surface area (Å²) >= 11 is 0. The van der Waals surface area contributed by atoms with Gasteiger partial charge >= 0.3 is 0 Å². The highest BCUT2D eigenvalue weighted by Gasteiger charge is 2.29. The average Bonchev–Trinajstić information content (AvgIpc) is 2.88. The molecule has 1 fully saturated rings. The van der Waals surface area contributed by atoms with Crippen LogP contribution in [-0.4, -0.2) is 72.6 Å². The van der Waals surface area contributed by atoms with Gasteiger partial charge in [-0.2, -0.15) is 4.98 Å². The number of piperazine rings is 1. The predicted molar refractivity (Wildman–Crippen MR) is 134 cm³/mol. The van der Waals surface area contributed by atoms with Crippen LogP contribution in [0.4, 0.5) is 5.95 Å². The number of rotatable bonds is 5. The van der Waals surface area contributed by atoms with Gasteiger partial charge in [-0.3, -0.25) is 4.79 Å². The quantitative estimate of drug-likeness (QED) is 0.561. The van der Waals surface area contributed by atoms with Crippen molar-refractivity contribution < 1.29 is 14.3 Å². The minimum atomic E-state index is 0.00531. The van der Waals surface area contributed by atoms with Gasteiger partial charge in [-0.25, -0.2) is 4.98 Å². The molecule has 35 heavy (non-hydrogen) atoms. The summed E-state index contributed by atoms with van der Waals surface area (Å²) in [6, 6.07) is 15.2. The Morgan fingerprint density at radius 3 is 2.46 bits per heavy atom. The van der Waals surface area contributed by atoms with Crippen LogP contribution in [0.25, 0.3) is 0 Å². The Hall–Kier alpha value is -3.65. The zero-order valence-electron chi connectivity index (χ0n) is 20.5. The molecule has 2 aromatic carbocycles. The third-order valence-electron chi connectivity index (χ3n) is 6.62. The van der Waals surface area contributed by atoms with Crippen LogP contribution in [-0.2, 0) is 13.0 Å². The van der Waals surface area contributed by atoms with Crippen molar-refractivity contribution in [1.82, 2.24) is 19.8 Å². The third-order valence-corrected chi connectivity index (χ3v) is 6.62. The van der Waals surface area contributed by atoms with Gasteiger partial charge in [0.1, 0.15) is 0 Å². The van der Waals surface area contributed by atoms with Crippen molar-refractivity contribution >= 4 is 11.9 Å². The monoisotopic (exact) mass is 473 g/mol. The van der Waals surface area contributed by atoms with Crippen molar-refractivity contribution in [3.63, 3.8) is 0 Å². The highest BCUT2D eigenvalue weighted by Crippen LogP contribution is 2.35. The highest BCUT2D eigenvalue weighted by molar-refractivity contribution is 5.94. The summed E-state index contributed by atoms with van der Waals surface area (Å²) in [6.45, 7) is 6.64. The zero-order chi connectivity index (χ0) is 24.4. The SMILES string of the molecule is COc1ccccc1Oc1nc(N2CCN(C)CC2)nc2c1CN(C(=O)c1cccc(C)c1)CC2. The molecule has 0 N–H and O–H groups in total. The first-order valence-electron chi connectivity index (χ1n) is 12.0. The highest BCUT2D eigenvalue weighted by atomic mass is 16.5. The summed E-state index contributed by atoms with van der Waals surface area (Å²) in [7, 11) is 3.75. The molecule has 0 unspecified atom stereocenters. The maximum absolute atomic E-state index is 13.3. The number of hydrogen-bond donors (Lipinski definition) is 0. The Morgan fingerprint density at radius 1 is 0.943 bits per heavy atom. The van der Waals surface area contributed by atoms with Crippen LogP contribution in [0, 0.1) is 6.92 Å². The lowest BCUT2D eigenvalue weighted by Gasteiger charge is -2.34. The van der Waals surface area contributed by atoms with Gasteiger partial charge in [0.25, 0.3) is 5.91 Å². The van der Waals surface area contributed by atoms with Crippen molar-refractivity contribution in [2.45, 2.75) is 19.9 Å².